The first-order valence-corrected chi connectivity index (χ1v) is 6.57. The summed E-state index contributed by atoms with van der Waals surface area (Å²) in [7, 11) is 0. The fourth-order valence-electron chi connectivity index (χ4n) is 2.08. The van der Waals surface area contributed by atoms with Crippen LogP contribution in [0, 0.1) is 0 Å². The van der Waals surface area contributed by atoms with Gasteiger partial charge in [-0.05, 0) is 25.1 Å². The molecule has 6 heteroatoms. The Hall–Kier alpha value is -2.89. The van der Waals surface area contributed by atoms with E-state index in [1.54, 1.807) is 13.0 Å². The lowest BCUT2D eigenvalue weighted by Gasteiger charge is -2.05. The summed E-state index contributed by atoms with van der Waals surface area (Å²) in [6, 6.07) is 11.5. The van der Waals surface area contributed by atoms with E-state index in [2.05, 4.69) is 10.1 Å². The average molecular weight is 282 g/mol. The minimum Gasteiger partial charge on any atom is -0.462 e. The van der Waals surface area contributed by atoms with Crippen molar-refractivity contribution < 1.29 is 9.53 Å². The predicted octanol–water partition coefficient (Wildman–Crippen LogP) is 2.18. The van der Waals surface area contributed by atoms with Crippen LogP contribution in [0.15, 0.2) is 42.6 Å². The fourth-order valence-corrected chi connectivity index (χ4v) is 2.08. The molecule has 21 heavy (non-hydrogen) atoms. The zero-order valence-corrected chi connectivity index (χ0v) is 11.5. The number of rotatable bonds is 3. The molecule has 0 bridgehead atoms. The average Bonchev–Trinajstić information content (AvgIpc) is 2.89. The van der Waals surface area contributed by atoms with Gasteiger partial charge >= 0.3 is 5.97 Å². The Morgan fingerprint density at radius 1 is 1.29 bits per heavy atom. The highest BCUT2D eigenvalue weighted by atomic mass is 16.5. The van der Waals surface area contributed by atoms with Gasteiger partial charge in [0, 0.05) is 5.39 Å². The first-order valence-electron chi connectivity index (χ1n) is 6.57. The Morgan fingerprint density at radius 2 is 2.10 bits per heavy atom. The summed E-state index contributed by atoms with van der Waals surface area (Å²) in [4.78, 5) is 16.2. The van der Waals surface area contributed by atoms with Gasteiger partial charge in [-0.15, -0.1) is 0 Å². The standard InChI is InChI=1S/C15H14N4O2/c1-2-21-15(20)11-9-17-19(14(11)16)13-8-7-10-5-3-4-6-12(10)18-13/h3-9H,2,16H2,1H3. The van der Waals surface area contributed by atoms with Gasteiger partial charge in [0.15, 0.2) is 5.82 Å². The molecule has 0 aliphatic carbocycles. The second-order valence-electron chi connectivity index (χ2n) is 4.44. The Labute approximate surface area is 121 Å². The number of nitrogens with two attached hydrogens (primary N) is 1. The number of benzene rings is 1. The third kappa shape index (κ3) is 2.31. The van der Waals surface area contributed by atoms with Crippen molar-refractivity contribution in [3.63, 3.8) is 0 Å². The van der Waals surface area contributed by atoms with Crippen molar-refractivity contribution in [3.8, 4) is 5.82 Å². The summed E-state index contributed by atoms with van der Waals surface area (Å²) < 4.78 is 6.36. The van der Waals surface area contributed by atoms with Gasteiger partial charge in [0.2, 0.25) is 0 Å². The zero-order chi connectivity index (χ0) is 14.8. The van der Waals surface area contributed by atoms with Crippen LogP contribution >= 0.6 is 0 Å². The SMILES string of the molecule is CCOC(=O)c1cnn(-c2ccc3ccccc3n2)c1N. The number of carbonyl (C=O) groups is 1. The number of anilines is 1. The van der Waals surface area contributed by atoms with Crippen LogP contribution in [-0.2, 0) is 4.74 Å². The highest BCUT2D eigenvalue weighted by molar-refractivity contribution is 5.94. The van der Waals surface area contributed by atoms with Crippen LogP contribution in [0.5, 0.6) is 0 Å². The molecule has 3 aromatic rings. The van der Waals surface area contributed by atoms with E-state index in [4.69, 9.17) is 10.5 Å². The first kappa shape index (κ1) is 13.1. The van der Waals surface area contributed by atoms with Crippen LogP contribution < -0.4 is 5.73 Å². The number of ether oxygens (including phenoxy) is 1. The summed E-state index contributed by atoms with van der Waals surface area (Å²) in [6.45, 7) is 2.03. The van der Waals surface area contributed by atoms with Crippen molar-refractivity contribution in [2.45, 2.75) is 6.92 Å². The quantitative estimate of drug-likeness (QED) is 0.744. The van der Waals surface area contributed by atoms with Crippen molar-refractivity contribution in [1.29, 1.82) is 0 Å². The van der Waals surface area contributed by atoms with Crippen LogP contribution in [0.2, 0.25) is 0 Å². The lowest BCUT2D eigenvalue weighted by molar-refractivity contribution is 0.0527. The molecular weight excluding hydrogens is 268 g/mol. The minimum atomic E-state index is -0.484. The van der Waals surface area contributed by atoms with E-state index in [9.17, 15) is 4.79 Å². The molecular formula is C15H14N4O2. The number of carbonyl (C=O) groups excluding carboxylic acids is 1. The summed E-state index contributed by atoms with van der Waals surface area (Å²) in [6.07, 6.45) is 1.39. The van der Waals surface area contributed by atoms with Gasteiger partial charge in [-0.1, -0.05) is 18.2 Å². The van der Waals surface area contributed by atoms with Gasteiger partial charge in [0.05, 0.1) is 18.3 Å². The van der Waals surface area contributed by atoms with E-state index in [0.29, 0.717) is 5.82 Å². The Kier molecular flexibility index (Phi) is 3.27. The van der Waals surface area contributed by atoms with E-state index in [0.717, 1.165) is 10.9 Å². The maximum atomic E-state index is 11.7. The second kappa shape index (κ2) is 5.24. The van der Waals surface area contributed by atoms with Crippen molar-refractivity contribution in [1.82, 2.24) is 14.8 Å². The number of pyridine rings is 1. The molecule has 6 nitrogen and oxygen atoms in total. The molecule has 0 atom stereocenters. The summed E-state index contributed by atoms with van der Waals surface area (Å²) >= 11 is 0. The molecule has 0 unspecified atom stereocenters. The third-order valence-corrected chi connectivity index (χ3v) is 3.10. The summed E-state index contributed by atoms with van der Waals surface area (Å²) in [5.41, 5.74) is 7.05. The predicted molar refractivity (Wildman–Crippen MR) is 79.2 cm³/mol. The maximum absolute atomic E-state index is 11.7. The molecule has 3 rings (SSSR count). The van der Waals surface area contributed by atoms with Crippen molar-refractivity contribution in [2.75, 3.05) is 12.3 Å². The number of esters is 1. The van der Waals surface area contributed by atoms with Gasteiger partial charge in [-0.25, -0.2) is 9.78 Å². The van der Waals surface area contributed by atoms with E-state index >= 15 is 0 Å². The Morgan fingerprint density at radius 3 is 2.90 bits per heavy atom. The Balaban J connectivity index is 2.04. The largest absolute Gasteiger partial charge is 0.462 e. The summed E-state index contributed by atoms with van der Waals surface area (Å²) in [5, 5.41) is 5.15. The number of hydrogen-bond acceptors (Lipinski definition) is 5. The van der Waals surface area contributed by atoms with E-state index < -0.39 is 5.97 Å². The van der Waals surface area contributed by atoms with Crippen molar-refractivity contribution >= 4 is 22.7 Å². The van der Waals surface area contributed by atoms with Gasteiger partial charge in [-0.2, -0.15) is 9.78 Å². The molecule has 0 saturated heterocycles. The smallest absolute Gasteiger partial charge is 0.343 e. The zero-order valence-electron chi connectivity index (χ0n) is 11.5. The number of nitrogen functional groups attached to an aromatic ring is 1. The number of nitrogens with zero attached hydrogens (tertiary/aromatic N) is 3. The highest BCUT2D eigenvalue weighted by Gasteiger charge is 2.17. The molecule has 2 N–H and O–H groups in total. The molecule has 0 amide bonds. The molecule has 2 aromatic heterocycles. The van der Waals surface area contributed by atoms with E-state index in [1.807, 2.05) is 30.3 Å². The van der Waals surface area contributed by atoms with Gasteiger partial charge in [0.1, 0.15) is 11.4 Å². The van der Waals surface area contributed by atoms with Crippen LogP contribution in [-0.4, -0.2) is 27.3 Å². The number of fused-ring (bicyclic) bond motifs is 1. The molecule has 0 spiro atoms. The third-order valence-electron chi connectivity index (χ3n) is 3.10. The molecule has 1 aromatic carbocycles. The van der Waals surface area contributed by atoms with Gasteiger partial charge < -0.3 is 10.5 Å². The van der Waals surface area contributed by atoms with E-state index in [-0.39, 0.29) is 18.0 Å². The molecule has 0 fully saturated rings. The lowest BCUT2D eigenvalue weighted by Crippen LogP contribution is -2.09. The van der Waals surface area contributed by atoms with Crippen molar-refractivity contribution in [3.05, 3.63) is 48.2 Å². The van der Waals surface area contributed by atoms with Gasteiger partial charge in [-0.3, -0.25) is 0 Å². The minimum absolute atomic E-state index is 0.219. The molecule has 2 heterocycles. The van der Waals surface area contributed by atoms with E-state index in [1.165, 1.54) is 10.9 Å². The molecule has 0 aliphatic heterocycles. The molecule has 0 aliphatic rings. The highest BCUT2D eigenvalue weighted by Crippen LogP contribution is 2.19. The summed E-state index contributed by atoms with van der Waals surface area (Å²) in [5.74, 6) is 0.292. The van der Waals surface area contributed by atoms with Crippen LogP contribution in [0.4, 0.5) is 5.82 Å². The normalized spacial score (nSPS) is 10.7. The number of aromatic nitrogens is 3. The van der Waals surface area contributed by atoms with Crippen LogP contribution in [0.3, 0.4) is 0 Å². The van der Waals surface area contributed by atoms with Gasteiger partial charge in [0.25, 0.3) is 0 Å². The Bertz CT molecular complexity index is 810. The lowest BCUT2D eigenvalue weighted by atomic mass is 10.2. The molecule has 106 valence electrons. The molecule has 0 saturated carbocycles. The number of para-hydroxylation sites is 1. The monoisotopic (exact) mass is 282 g/mol. The topological polar surface area (TPSA) is 83.0 Å². The van der Waals surface area contributed by atoms with Crippen molar-refractivity contribution in [2.24, 2.45) is 0 Å². The maximum Gasteiger partial charge on any atom is 0.343 e. The van der Waals surface area contributed by atoms with Crippen LogP contribution in [0.1, 0.15) is 17.3 Å². The fraction of sp³-hybridized carbons (Fsp3) is 0.133. The molecule has 0 radical (unpaired) electrons. The first-order chi connectivity index (χ1) is 10.2. The second-order valence-corrected chi connectivity index (χ2v) is 4.44. The number of hydrogen-bond donors (Lipinski definition) is 1. The van der Waals surface area contributed by atoms with Crippen LogP contribution in [0.25, 0.3) is 16.7 Å².